The molecule has 1 amide bonds. The highest BCUT2D eigenvalue weighted by Crippen LogP contribution is 2.40. The Morgan fingerprint density at radius 2 is 1.59 bits per heavy atom. The number of nitrogens with one attached hydrogen (secondary N) is 2. The zero-order valence-electron chi connectivity index (χ0n) is 20.5. The van der Waals surface area contributed by atoms with Crippen LogP contribution in [0.25, 0.3) is 5.69 Å². The molecule has 192 valence electrons. The largest absolute Gasteiger partial charge is 0.493 e. The number of hydrogen-bond donors (Lipinski definition) is 2. The standard InChI is InChI=1S/C26H26N4O6S/c1-34-23-13-20(14-24(35-2)25(23)36-3)28-26(31)19-10-7-11-22(12-19)30-16-21(15-27-30)29-37(32,33)17-18-8-5-4-6-9-18/h4-16,29H,17H2,1-3H3,(H,28,31). The van der Waals surface area contributed by atoms with Crippen LogP contribution >= 0.6 is 0 Å². The van der Waals surface area contributed by atoms with Crippen LogP contribution in [0, 0.1) is 0 Å². The van der Waals surface area contributed by atoms with Crippen LogP contribution in [-0.4, -0.2) is 45.4 Å². The molecule has 0 fully saturated rings. The maximum atomic E-state index is 13.0. The predicted molar refractivity (Wildman–Crippen MR) is 140 cm³/mol. The van der Waals surface area contributed by atoms with Crippen molar-refractivity contribution in [1.29, 1.82) is 0 Å². The number of hydrogen-bond acceptors (Lipinski definition) is 7. The quantitative estimate of drug-likeness (QED) is 0.322. The van der Waals surface area contributed by atoms with Gasteiger partial charge >= 0.3 is 0 Å². The first-order valence-electron chi connectivity index (χ1n) is 11.1. The molecule has 37 heavy (non-hydrogen) atoms. The first-order valence-corrected chi connectivity index (χ1v) is 12.8. The fourth-order valence-electron chi connectivity index (χ4n) is 3.67. The molecular weight excluding hydrogens is 496 g/mol. The minimum absolute atomic E-state index is 0.157. The second-order valence-electron chi connectivity index (χ2n) is 7.94. The van der Waals surface area contributed by atoms with Crippen molar-refractivity contribution in [1.82, 2.24) is 9.78 Å². The lowest BCUT2D eigenvalue weighted by atomic mass is 10.1. The molecule has 4 rings (SSSR count). The predicted octanol–water partition coefficient (Wildman–Crippen LogP) is 4.09. The third-order valence-electron chi connectivity index (χ3n) is 5.35. The van der Waals surface area contributed by atoms with Gasteiger partial charge in [-0.05, 0) is 23.8 Å². The topological polar surface area (TPSA) is 121 Å². The van der Waals surface area contributed by atoms with E-state index in [9.17, 15) is 13.2 Å². The van der Waals surface area contributed by atoms with Gasteiger partial charge in [0.2, 0.25) is 15.8 Å². The Bertz CT molecular complexity index is 1480. The molecule has 0 saturated heterocycles. The monoisotopic (exact) mass is 522 g/mol. The van der Waals surface area contributed by atoms with Gasteiger partial charge < -0.3 is 19.5 Å². The highest BCUT2D eigenvalue weighted by Gasteiger charge is 2.16. The molecule has 10 nitrogen and oxygen atoms in total. The number of benzene rings is 3. The zero-order valence-corrected chi connectivity index (χ0v) is 21.3. The minimum atomic E-state index is -3.63. The first kappa shape index (κ1) is 25.6. The lowest BCUT2D eigenvalue weighted by Gasteiger charge is -2.14. The molecule has 3 aromatic carbocycles. The Hall–Kier alpha value is -4.51. The second kappa shape index (κ2) is 11.0. The number of aromatic nitrogens is 2. The fourth-order valence-corrected chi connectivity index (χ4v) is 4.84. The third kappa shape index (κ3) is 6.19. The SMILES string of the molecule is COc1cc(NC(=O)c2cccc(-n3cc(NS(=O)(=O)Cc4ccccc4)cn3)c2)cc(OC)c1OC. The van der Waals surface area contributed by atoms with Crippen LogP contribution in [0.2, 0.25) is 0 Å². The molecule has 1 aromatic heterocycles. The number of sulfonamides is 1. The van der Waals surface area contributed by atoms with Gasteiger partial charge in [0, 0.05) is 23.4 Å². The molecule has 0 spiro atoms. The van der Waals surface area contributed by atoms with Gasteiger partial charge in [0.1, 0.15) is 0 Å². The zero-order chi connectivity index (χ0) is 26.4. The smallest absolute Gasteiger partial charge is 0.255 e. The summed E-state index contributed by atoms with van der Waals surface area (Å²) in [5.74, 6) is 0.704. The molecule has 2 N–H and O–H groups in total. The van der Waals surface area contributed by atoms with Crippen molar-refractivity contribution < 1.29 is 27.4 Å². The van der Waals surface area contributed by atoms with E-state index >= 15 is 0 Å². The van der Waals surface area contributed by atoms with Crippen molar-refractivity contribution in [3.05, 3.63) is 90.3 Å². The highest BCUT2D eigenvalue weighted by molar-refractivity contribution is 7.91. The molecular formula is C26H26N4O6S. The number of ether oxygens (including phenoxy) is 3. The number of carbonyl (C=O) groups is 1. The van der Waals surface area contributed by atoms with Gasteiger partial charge in [0.25, 0.3) is 5.91 Å². The van der Waals surface area contributed by atoms with Crippen molar-refractivity contribution in [2.75, 3.05) is 31.4 Å². The van der Waals surface area contributed by atoms with Crippen molar-refractivity contribution in [2.45, 2.75) is 5.75 Å². The maximum absolute atomic E-state index is 13.0. The Morgan fingerprint density at radius 1 is 0.892 bits per heavy atom. The van der Waals surface area contributed by atoms with Gasteiger partial charge in [-0.15, -0.1) is 0 Å². The number of methoxy groups -OCH3 is 3. The summed E-state index contributed by atoms with van der Waals surface area (Å²) >= 11 is 0. The van der Waals surface area contributed by atoms with Crippen LogP contribution < -0.4 is 24.2 Å². The summed E-state index contributed by atoms with van der Waals surface area (Å²) in [5, 5.41) is 7.06. The molecule has 0 aliphatic heterocycles. The summed E-state index contributed by atoms with van der Waals surface area (Å²) < 4.78 is 45.1. The summed E-state index contributed by atoms with van der Waals surface area (Å²) in [5.41, 5.74) is 2.38. The summed E-state index contributed by atoms with van der Waals surface area (Å²) in [6, 6.07) is 18.9. The fraction of sp³-hybridized carbons (Fsp3) is 0.154. The van der Waals surface area contributed by atoms with Gasteiger partial charge in [-0.1, -0.05) is 36.4 Å². The Balaban J connectivity index is 1.50. The lowest BCUT2D eigenvalue weighted by Crippen LogP contribution is -2.14. The second-order valence-corrected chi connectivity index (χ2v) is 9.66. The molecule has 0 saturated carbocycles. The van der Waals surface area contributed by atoms with E-state index in [0.717, 1.165) is 0 Å². The van der Waals surface area contributed by atoms with E-state index < -0.39 is 10.0 Å². The summed E-state index contributed by atoms with van der Waals surface area (Å²) in [6.45, 7) is 0. The van der Waals surface area contributed by atoms with Crippen LogP contribution in [-0.2, 0) is 15.8 Å². The van der Waals surface area contributed by atoms with Gasteiger partial charge in [0.15, 0.2) is 11.5 Å². The van der Waals surface area contributed by atoms with E-state index in [0.29, 0.717) is 45.4 Å². The Morgan fingerprint density at radius 3 is 2.24 bits per heavy atom. The lowest BCUT2D eigenvalue weighted by molar-refractivity contribution is 0.102. The van der Waals surface area contributed by atoms with E-state index in [4.69, 9.17) is 14.2 Å². The van der Waals surface area contributed by atoms with Crippen LogP contribution in [0.4, 0.5) is 11.4 Å². The summed E-state index contributed by atoms with van der Waals surface area (Å²) in [4.78, 5) is 13.0. The summed E-state index contributed by atoms with van der Waals surface area (Å²) in [6.07, 6.45) is 2.95. The third-order valence-corrected chi connectivity index (χ3v) is 6.61. The average molecular weight is 523 g/mol. The van der Waals surface area contributed by atoms with E-state index in [1.807, 2.05) is 6.07 Å². The number of carbonyl (C=O) groups excluding carboxylic acids is 1. The normalized spacial score (nSPS) is 11.0. The van der Waals surface area contributed by atoms with E-state index in [1.165, 1.54) is 32.2 Å². The number of rotatable bonds is 10. The Kier molecular flexibility index (Phi) is 7.63. The molecule has 4 aromatic rings. The number of amides is 1. The van der Waals surface area contributed by atoms with Crippen LogP contribution in [0.1, 0.15) is 15.9 Å². The van der Waals surface area contributed by atoms with Crippen LogP contribution in [0.5, 0.6) is 17.2 Å². The number of anilines is 2. The Labute approximate surface area is 214 Å². The average Bonchev–Trinajstić information content (AvgIpc) is 3.36. The molecule has 0 aliphatic rings. The van der Waals surface area contributed by atoms with E-state index in [2.05, 4.69) is 15.1 Å². The van der Waals surface area contributed by atoms with Crippen molar-refractivity contribution in [3.63, 3.8) is 0 Å². The highest BCUT2D eigenvalue weighted by atomic mass is 32.2. The first-order chi connectivity index (χ1) is 17.8. The maximum Gasteiger partial charge on any atom is 0.255 e. The van der Waals surface area contributed by atoms with E-state index in [-0.39, 0.29) is 11.7 Å². The van der Waals surface area contributed by atoms with Gasteiger partial charge in [-0.3, -0.25) is 9.52 Å². The molecule has 0 aliphatic carbocycles. The van der Waals surface area contributed by atoms with Gasteiger partial charge in [-0.25, -0.2) is 13.1 Å². The van der Waals surface area contributed by atoms with Crippen molar-refractivity contribution >= 4 is 27.3 Å². The van der Waals surface area contributed by atoms with Gasteiger partial charge in [-0.2, -0.15) is 5.10 Å². The van der Waals surface area contributed by atoms with Crippen molar-refractivity contribution in [3.8, 4) is 22.9 Å². The molecule has 11 heteroatoms. The van der Waals surface area contributed by atoms with E-state index in [1.54, 1.807) is 66.9 Å². The van der Waals surface area contributed by atoms with Gasteiger partial charge in [0.05, 0.1) is 50.9 Å². The van der Waals surface area contributed by atoms with Crippen LogP contribution in [0.15, 0.2) is 79.1 Å². The summed E-state index contributed by atoms with van der Waals surface area (Å²) in [7, 11) is 0.858. The van der Waals surface area contributed by atoms with Crippen molar-refractivity contribution in [2.24, 2.45) is 0 Å². The molecule has 1 heterocycles. The molecule has 0 radical (unpaired) electrons. The molecule has 0 atom stereocenters. The number of nitrogens with zero attached hydrogens (tertiary/aromatic N) is 2. The minimum Gasteiger partial charge on any atom is -0.493 e. The molecule has 0 unspecified atom stereocenters. The van der Waals surface area contributed by atoms with Crippen LogP contribution in [0.3, 0.4) is 0 Å². The molecule has 0 bridgehead atoms.